The third-order valence-electron chi connectivity index (χ3n) is 8.52. The number of aromatic nitrogens is 3. The Bertz CT molecular complexity index is 2520. The molecule has 2 aromatic heterocycles. The molecule has 0 radical (unpaired) electrons. The molecule has 0 saturated carbocycles. The number of rotatable bonds is 4. The summed E-state index contributed by atoms with van der Waals surface area (Å²) in [6.45, 7) is 0. The Morgan fingerprint density at radius 3 is 1.53 bits per heavy atom. The van der Waals surface area contributed by atoms with Crippen LogP contribution in [0, 0.1) is 0 Å². The standard InChI is InChI=1S/C41H25N3O/c1-3-11-26(12-4-1)27-19-21-29(22-20-27)40-42-39(28-13-5-2-6-14-28)43-41(44-40)30-23-24-32-35(25-30)31-15-7-8-16-33(31)38-37(32)34-17-9-10-18-36(34)45-38/h1-25H. The fourth-order valence-electron chi connectivity index (χ4n) is 6.34. The van der Waals surface area contributed by atoms with E-state index in [4.69, 9.17) is 19.4 Å². The number of furan rings is 1. The predicted octanol–water partition coefficient (Wildman–Crippen LogP) is 10.7. The Morgan fingerprint density at radius 1 is 0.333 bits per heavy atom. The molecule has 0 aliphatic rings. The molecule has 0 bridgehead atoms. The third-order valence-corrected chi connectivity index (χ3v) is 8.52. The largest absolute Gasteiger partial charge is 0.455 e. The van der Waals surface area contributed by atoms with Gasteiger partial charge in [-0.25, -0.2) is 15.0 Å². The first-order valence-corrected chi connectivity index (χ1v) is 15.0. The van der Waals surface area contributed by atoms with Gasteiger partial charge < -0.3 is 4.42 Å². The maximum absolute atomic E-state index is 6.42. The van der Waals surface area contributed by atoms with Gasteiger partial charge in [-0.15, -0.1) is 0 Å². The second-order valence-corrected chi connectivity index (χ2v) is 11.2. The van der Waals surface area contributed by atoms with Gasteiger partial charge in [-0.3, -0.25) is 0 Å². The highest BCUT2D eigenvalue weighted by atomic mass is 16.3. The Balaban J connectivity index is 1.26. The van der Waals surface area contributed by atoms with Gasteiger partial charge in [0.25, 0.3) is 0 Å². The van der Waals surface area contributed by atoms with Crippen LogP contribution in [0.3, 0.4) is 0 Å². The first kappa shape index (κ1) is 25.4. The SMILES string of the molecule is c1ccc(-c2ccc(-c3nc(-c4ccccc4)nc(-c4ccc5c(c4)c4ccccc4c4oc6ccccc6c54)n3)cc2)cc1. The quantitative estimate of drug-likeness (QED) is 0.196. The van der Waals surface area contributed by atoms with Crippen LogP contribution in [0.2, 0.25) is 0 Å². The fraction of sp³-hybridized carbons (Fsp3) is 0. The van der Waals surface area contributed by atoms with Crippen molar-refractivity contribution in [1.29, 1.82) is 0 Å². The van der Waals surface area contributed by atoms with Crippen molar-refractivity contribution in [2.75, 3.05) is 0 Å². The molecule has 9 aromatic rings. The van der Waals surface area contributed by atoms with Crippen LogP contribution in [0.4, 0.5) is 0 Å². The molecule has 0 unspecified atom stereocenters. The highest BCUT2D eigenvalue weighted by molar-refractivity contribution is 6.30. The maximum Gasteiger partial charge on any atom is 0.164 e. The zero-order chi connectivity index (χ0) is 29.7. The number of nitrogens with zero attached hydrogens (tertiary/aromatic N) is 3. The van der Waals surface area contributed by atoms with E-state index in [1.54, 1.807) is 0 Å². The summed E-state index contributed by atoms with van der Waals surface area (Å²) in [5.41, 5.74) is 6.95. The molecule has 2 heterocycles. The zero-order valence-electron chi connectivity index (χ0n) is 24.2. The van der Waals surface area contributed by atoms with Crippen LogP contribution in [0.5, 0.6) is 0 Å². The second kappa shape index (κ2) is 10.2. The van der Waals surface area contributed by atoms with Crippen LogP contribution >= 0.6 is 0 Å². The van der Waals surface area contributed by atoms with E-state index >= 15 is 0 Å². The monoisotopic (exact) mass is 575 g/mol. The zero-order valence-corrected chi connectivity index (χ0v) is 24.2. The van der Waals surface area contributed by atoms with Gasteiger partial charge in [0.15, 0.2) is 17.5 Å². The van der Waals surface area contributed by atoms with E-state index in [-0.39, 0.29) is 0 Å². The lowest BCUT2D eigenvalue weighted by Gasteiger charge is -2.11. The Morgan fingerprint density at radius 2 is 0.822 bits per heavy atom. The number of hydrogen-bond donors (Lipinski definition) is 0. The van der Waals surface area contributed by atoms with Crippen molar-refractivity contribution in [2.24, 2.45) is 0 Å². The minimum Gasteiger partial charge on any atom is -0.455 e. The van der Waals surface area contributed by atoms with Gasteiger partial charge in [-0.1, -0.05) is 140 Å². The summed E-state index contributed by atoms with van der Waals surface area (Å²) in [4.78, 5) is 15.0. The molecule has 0 atom stereocenters. The highest BCUT2D eigenvalue weighted by Gasteiger charge is 2.18. The predicted molar refractivity (Wildman–Crippen MR) is 184 cm³/mol. The van der Waals surface area contributed by atoms with Gasteiger partial charge in [0, 0.05) is 32.8 Å². The molecule has 4 heteroatoms. The molecular formula is C41H25N3O. The average Bonchev–Trinajstić information content (AvgIpc) is 3.52. The lowest BCUT2D eigenvalue weighted by molar-refractivity contribution is 0.673. The normalized spacial score (nSPS) is 11.6. The summed E-state index contributed by atoms with van der Waals surface area (Å²) < 4.78 is 6.42. The second-order valence-electron chi connectivity index (χ2n) is 11.2. The average molecular weight is 576 g/mol. The van der Waals surface area contributed by atoms with Crippen molar-refractivity contribution in [3.05, 3.63) is 152 Å². The van der Waals surface area contributed by atoms with E-state index in [0.717, 1.165) is 65.7 Å². The number of para-hydroxylation sites is 1. The van der Waals surface area contributed by atoms with Crippen molar-refractivity contribution in [2.45, 2.75) is 0 Å². The van der Waals surface area contributed by atoms with Crippen molar-refractivity contribution in [1.82, 2.24) is 15.0 Å². The van der Waals surface area contributed by atoms with Crippen molar-refractivity contribution in [3.63, 3.8) is 0 Å². The summed E-state index contributed by atoms with van der Waals surface area (Å²) in [5.74, 6) is 1.91. The van der Waals surface area contributed by atoms with Crippen LogP contribution in [0.25, 0.3) is 88.8 Å². The Kier molecular flexibility index (Phi) is 5.78. The molecule has 45 heavy (non-hydrogen) atoms. The molecule has 7 aromatic carbocycles. The minimum absolute atomic E-state index is 0.633. The van der Waals surface area contributed by atoms with Gasteiger partial charge in [0.1, 0.15) is 11.2 Å². The van der Waals surface area contributed by atoms with Crippen molar-refractivity contribution < 1.29 is 4.42 Å². The Labute approximate surface area is 259 Å². The van der Waals surface area contributed by atoms with Crippen LogP contribution < -0.4 is 0 Å². The molecule has 0 fully saturated rings. The van der Waals surface area contributed by atoms with E-state index in [1.807, 2.05) is 48.5 Å². The molecule has 0 aliphatic carbocycles. The van der Waals surface area contributed by atoms with Crippen LogP contribution in [0.15, 0.2) is 156 Å². The summed E-state index contributed by atoms with van der Waals surface area (Å²) in [5, 5.41) is 6.75. The molecule has 0 amide bonds. The molecule has 0 saturated heterocycles. The van der Waals surface area contributed by atoms with E-state index in [9.17, 15) is 0 Å². The molecule has 0 N–H and O–H groups in total. The highest BCUT2D eigenvalue weighted by Crippen LogP contribution is 2.41. The van der Waals surface area contributed by atoms with Gasteiger partial charge in [0.05, 0.1) is 0 Å². The van der Waals surface area contributed by atoms with Crippen molar-refractivity contribution >= 4 is 43.5 Å². The maximum atomic E-state index is 6.42. The number of hydrogen-bond acceptors (Lipinski definition) is 4. The minimum atomic E-state index is 0.633. The van der Waals surface area contributed by atoms with E-state index in [2.05, 4.69) is 103 Å². The number of benzene rings is 7. The summed E-state index contributed by atoms with van der Waals surface area (Å²) in [6.07, 6.45) is 0. The van der Waals surface area contributed by atoms with Crippen LogP contribution in [-0.4, -0.2) is 15.0 Å². The molecule has 0 spiro atoms. The van der Waals surface area contributed by atoms with Gasteiger partial charge in [-0.2, -0.15) is 0 Å². The van der Waals surface area contributed by atoms with E-state index in [1.165, 1.54) is 5.56 Å². The summed E-state index contributed by atoms with van der Waals surface area (Å²) in [6, 6.07) is 52.1. The topological polar surface area (TPSA) is 51.8 Å². The lowest BCUT2D eigenvalue weighted by Crippen LogP contribution is -2.00. The molecule has 9 rings (SSSR count). The van der Waals surface area contributed by atoms with Crippen molar-refractivity contribution in [3.8, 4) is 45.3 Å². The molecule has 4 nitrogen and oxygen atoms in total. The molecular weight excluding hydrogens is 550 g/mol. The van der Waals surface area contributed by atoms with Gasteiger partial charge in [-0.05, 0) is 39.4 Å². The van der Waals surface area contributed by atoms with E-state index in [0.29, 0.717) is 17.5 Å². The van der Waals surface area contributed by atoms with Crippen LogP contribution in [0.1, 0.15) is 0 Å². The van der Waals surface area contributed by atoms with Gasteiger partial charge in [0.2, 0.25) is 0 Å². The lowest BCUT2D eigenvalue weighted by atomic mass is 9.95. The summed E-state index contributed by atoms with van der Waals surface area (Å²) in [7, 11) is 0. The van der Waals surface area contributed by atoms with E-state index < -0.39 is 0 Å². The molecule has 210 valence electrons. The first-order chi connectivity index (χ1) is 22.3. The third kappa shape index (κ3) is 4.27. The summed E-state index contributed by atoms with van der Waals surface area (Å²) >= 11 is 0. The fourth-order valence-corrected chi connectivity index (χ4v) is 6.34. The number of fused-ring (bicyclic) bond motifs is 8. The first-order valence-electron chi connectivity index (χ1n) is 15.0. The van der Waals surface area contributed by atoms with Gasteiger partial charge >= 0.3 is 0 Å². The smallest absolute Gasteiger partial charge is 0.164 e. The Hall–Kier alpha value is -6.13. The van der Waals surface area contributed by atoms with Crippen LogP contribution in [-0.2, 0) is 0 Å². The molecule has 0 aliphatic heterocycles.